The molecule has 2 saturated carbocycles. The molecule has 0 atom stereocenters. The van der Waals surface area contributed by atoms with Crippen molar-refractivity contribution in [3.05, 3.63) is 47.5 Å². The van der Waals surface area contributed by atoms with Crippen LogP contribution in [0.5, 0.6) is 0 Å². The fraction of sp³-hybridized carbons (Fsp3) is 0.652. The lowest BCUT2D eigenvalue weighted by Gasteiger charge is -2.29. The molecule has 0 radical (unpaired) electrons. The first-order chi connectivity index (χ1) is 12.8. The Morgan fingerprint density at radius 2 is 1.62 bits per heavy atom. The molecule has 2 aliphatic carbocycles. The molecule has 1 aromatic heterocycles. The number of hydrogen-bond donors (Lipinski definition) is 0. The molecule has 0 unspecified atom stereocenters. The van der Waals surface area contributed by atoms with Gasteiger partial charge in [-0.2, -0.15) is 0 Å². The van der Waals surface area contributed by atoms with Gasteiger partial charge in [0.25, 0.3) is 0 Å². The average Bonchev–Trinajstić information content (AvgIpc) is 2.70. The van der Waals surface area contributed by atoms with Gasteiger partial charge >= 0.3 is 0 Å². The molecule has 2 aliphatic rings. The molecule has 3 rings (SSSR count). The van der Waals surface area contributed by atoms with Gasteiger partial charge in [-0.15, -0.1) is 0 Å². The first kappa shape index (κ1) is 19.6. The molecule has 0 bridgehead atoms. The van der Waals surface area contributed by atoms with Crippen LogP contribution in [0.15, 0.2) is 36.2 Å². The second-order valence-electron chi connectivity index (χ2n) is 8.17. The second-order valence-corrected chi connectivity index (χ2v) is 8.42. The van der Waals surface area contributed by atoms with E-state index in [1.807, 2.05) is 0 Å². The highest BCUT2D eigenvalue weighted by Crippen LogP contribution is 2.38. The van der Waals surface area contributed by atoms with Crippen molar-refractivity contribution in [2.24, 2.45) is 11.8 Å². The Morgan fingerprint density at radius 3 is 2.23 bits per heavy atom. The van der Waals surface area contributed by atoms with Crippen LogP contribution in [0.2, 0.25) is 0 Å². The summed E-state index contributed by atoms with van der Waals surface area (Å²) >= 11 is 5.71. The molecule has 0 amide bonds. The SMILES string of the molecule is C/C=C/CC[C@H]1CC[C@H](c2cnc([C@H]3CC[C@H](/C=C/Cl)CC3)nc2)CC1. The molecule has 2 nitrogen and oxygen atoms in total. The number of allylic oxidation sites excluding steroid dienone is 3. The zero-order valence-electron chi connectivity index (χ0n) is 16.1. The van der Waals surface area contributed by atoms with Crippen LogP contribution >= 0.6 is 11.6 Å². The zero-order valence-corrected chi connectivity index (χ0v) is 16.9. The third-order valence-electron chi connectivity index (χ3n) is 6.47. The minimum absolute atomic E-state index is 0.534. The van der Waals surface area contributed by atoms with Gasteiger partial charge in [0.05, 0.1) is 0 Å². The quantitative estimate of drug-likeness (QED) is 0.496. The zero-order chi connectivity index (χ0) is 18.2. The molecule has 2 fully saturated rings. The lowest BCUT2D eigenvalue weighted by Crippen LogP contribution is -2.16. The summed E-state index contributed by atoms with van der Waals surface area (Å²) in [6.07, 6.45) is 23.6. The van der Waals surface area contributed by atoms with Crippen molar-refractivity contribution in [1.29, 1.82) is 0 Å². The number of aromatic nitrogens is 2. The summed E-state index contributed by atoms with van der Waals surface area (Å²) in [5.74, 6) is 3.82. The van der Waals surface area contributed by atoms with Gasteiger partial charge in [-0.3, -0.25) is 0 Å². The molecular weight excluding hydrogens is 340 g/mol. The highest BCUT2D eigenvalue weighted by atomic mass is 35.5. The van der Waals surface area contributed by atoms with Gasteiger partial charge in [0.15, 0.2) is 0 Å². The summed E-state index contributed by atoms with van der Waals surface area (Å²) in [6, 6.07) is 0. The van der Waals surface area contributed by atoms with Crippen molar-refractivity contribution in [2.45, 2.75) is 83.0 Å². The summed E-state index contributed by atoms with van der Waals surface area (Å²) in [4.78, 5) is 9.53. The Labute approximate surface area is 164 Å². The molecule has 1 aromatic rings. The monoisotopic (exact) mass is 372 g/mol. The Bertz CT molecular complexity index is 577. The van der Waals surface area contributed by atoms with E-state index in [2.05, 4.69) is 37.5 Å². The van der Waals surface area contributed by atoms with Crippen LogP contribution in [-0.2, 0) is 0 Å². The van der Waals surface area contributed by atoms with Crippen LogP contribution in [0, 0.1) is 11.8 Å². The van der Waals surface area contributed by atoms with Crippen molar-refractivity contribution in [3.63, 3.8) is 0 Å². The summed E-state index contributed by atoms with van der Waals surface area (Å²) < 4.78 is 0. The Hall–Kier alpha value is -1.15. The van der Waals surface area contributed by atoms with E-state index in [1.165, 1.54) is 69.8 Å². The van der Waals surface area contributed by atoms with E-state index < -0.39 is 0 Å². The van der Waals surface area contributed by atoms with Crippen LogP contribution in [0.25, 0.3) is 0 Å². The molecule has 3 heteroatoms. The van der Waals surface area contributed by atoms with Crippen molar-refractivity contribution < 1.29 is 0 Å². The highest BCUT2D eigenvalue weighted by Gasteiger charge is 2.25. The fourth-order valence-electron chi connectivity index (χ4n) is 4.73. The minimum atomic E-state index is 0.534. The van der Waals surface area contributed by atoms with Gasteiger partial charge in [0.2, 0.25) is 0 Å². The summed E-state index contributed by atoms with van der Waals surface area (Å²) in [6.45, 7) is 2.11. The van der Waals surface area contributed by atoms with E-state index >= 15 is 0 Å². The molecule has 1 heterocycles. The second kappa shape index (κ2) is 10.3. The van der Waals surface area contributed by atoms with Crippen LogP contribution in [0.4, 0.5) is 0 Å². The van der Waals surface area contributed by atoms with E-state index in [-0.39, 0.29) is 0 Å². The van der Waals surface area contributed by atoms with Gasteiger partial charge < -0.3 is 0 Å². The maximum Gasteiger partial charge on any atom is 0.131 e. The first-order valence-corrected chi connectivity index (χ1v) is 10.9. The van der Waals surface area contributed by atoms with Gasteiger partial charge in [-0.25, -0.2) is 9.97 Å². The van der Waals surface area contributed by atoms with Crippen LogP contribution in [-0.4, -0.2) is 9.97 Å². The smallest absolute Gasteiger partial charge is 0.131 e. The standard InChI is InChI=1S/C23H33ClN2/c1-2-3-4-5-18-6-10-20(11-7-18)22-16-25-23(26-17-22)21-12-8-19(9-13-21)14-15-24/h2-3,14-21H,4-13H2,1H3/b3-2+,15-14+/t18-,19-,20-,21-. The Kier molecular flexibility index (Phi) is 7.73. The lowest BCUT2D eigenvalue weighted by atomic mass is 9.77. The molecule has 0 N–H and O–H groups in total. The maximum absolute atomic E-state index is 5.71. The summed E-state index contributed by atoms with van der Waals surface area (Å²) in [7, 11) is 0. The molecular formula is C23H33ClN2. The van der Waals surface area contributed by atoms with Gasteiger partial charge in [-0.1, -0.05) is 29.8 Å². The lowest BCUT2D eigenvalue weighted by molar-refractivity contribution is 0.311. The fourth-order valence-corrected chi connectivity index (χ4v) is 4.93. The number of rotatable bonds is 6. The van der Waals surface area contributed by atoms with Crippen molar-refractivity contribution in [3.8, 4) is 0 Å². The van der Waals surface area contributed by atoms with Crippen molar-refractivity contribution >= 4 is 11.6 Å². The van der Waals surface area contributed by atoms with E-state index in [0.717, 1.165) is 11.7 Å². The Balaban J connectivity index is 1.48. The van der Waals surface area contributed by atoms with Gasteiger partial charge in [-0.05, 0) is 94.4 Å². The van der Waals surface area contributed by atoms with Crippen molar-refractivity contribution in [1.82, 2.24) is 9.97 Å². The average molecular weight is 373 g/mol. The number of halogens is 1. The minimum Gasteiger partial charge on any atom is -0.241 e. The maximum atomic E-state index is 5.71. The highest BCUT2D eigenvalue weighted by molar-refractivity contribution is 6.25. The predicted molar refractivity (Wildman–Crippen MR) is 110 cm³/mol. The summed E-state index contributed by atoms with van der Waals surface area (Å²) in [5.41, 5.74) is 3.03. The molecule has 142 valence electrons. The predicted octanol–water partition coefficient (Wildman–Crippen LogP) is 7.13. The third-order valence-corrected chi connectivity index (χ3v) is 6.61. The van der Waals surface area contributed by atoms with E-state index in [9.17, 15) is 0 Å². The van der Waals surface area contributed by atoms with Crippen LogP contribution < -0.4 is 0 Å². The molecule has 26 heavy (non-hydrogen) atoms. The van der Waals surface area contributed by atoms with Crippen LogP contribution in [0.3, 0.4) is 0 Å². The first-order valence-electron chi connectivity index (χ1n) is 10.5. The molecule has 0 spiro atoms. The molecule has 0 saturated heterocycles. The normalized spacial score (nSPS) is 30.2. The largest absolute Gasteiger partial charge is 0.241 e. The van der Waals surface area contributed by atoms with Crippen molar-refractivity contribution in [2.75, 3.05) is 0 Å². The number of hydrogen-bond acceptors (Lipinski definition) is 2. The summed E-state index contributed by atoms with van der Waals surface area (Å²) in [5, 5.41) is 0. The van der Waals surface area contributed by atoms with Gasteiger partial charge in [0.1, 0.15) is 5.82 Å². The number of nitrogens with zero attached hydrogens (tertiary/aromatic N) is 2. The van der Waals surface area contributed by atoms with Crippen LogP contribution in [0.1, 0.15) is 94.4 Å². The topological polar surface area (TPSA) is 25.8 Å². The molecule has 0 aromatic carbocycles. The van der Waals surface area contributed by atoms with E-state index in [0.29, 0.717) is 17.8 Å². The van der Waals surface area contributed by atoms with E-state index in [4.69, 9.17) is 21.6 Å². The van der Waals surface area contributed by atoms with E-state index in [1.54, 1.807) is 5.54 Å². The Morgan fingerprint density at radius 1 is 0.962 bits per heavy atom. The molecule has 0 aliphatic heterocycles. The third kappa shape index (κ3) is 5.42. The van der Waals surface area contributed by atoms with Gasteiger partial charge in [0, 0.05) is 23.8 Å².